The number of carbonyl (C=O) groups is 2. The third-order valence-corrected chi connectivity index (χ3v) is 22.3. The summed E-state index contributed by atoms with van der Waals surface area (Å²) in [6.07, 6.45) is 13.6. The second-order valence-electron chi connectivity index (χ2n) is 18.2. The average Bonchev–Trinajstić information content (AvgIpc) is 3.45. The molecule has 50 heavy (non-hydrogen) atoms. The van der Waals surface area contributed by atoms with E-state index in [-0.39, 0.29) is 45.1 Å². The molecule has 1 heterocycles. The van der Waals surface area contributed by atoms with E-state index >= 15 is 0 Å². The topological polar surface area (TPSA) is 71.1 Å². The minimum atomic E-state index is -2.25. The quantitative estimate of drug-likeness (QED) is 0.211. The molecule has 0 N–H and O–H groups in total. The number of rotatable bonds is 6. The van der Waals surface area contributed by atoms with Crippen LogP contribution in [0.15, 0.2) is 36.1 Å². The van der Waals surface area contributed by atoms with E-state index < -0.39 is 5.47 Å². The van der Waals surface area contributed by atoms with Gasteiger partial charge in [0.2, 0.25) is 0 Å². The Labute approximate surface area is 309 Å². The van der Waals surface area contributed by atoms with Crippen molar-refractivity contribution in [1.29, 1.82) is 0 Å². The normalized spacial score (nSPS) is 44.6. The number of esters is 2. The lowest BCUT2D eigenvalue weighted by Gasteiger charge is -2.73. The van der Waals surface area contributed by atoms with Gasteiger partial charge in [0, 0.05) is 35.7 Å². The number of carbonyl (C=O) groups excluding carboxylic acids is 2. The fourth-order valence-corrected chi connectivity index (χ4v) is 18.3. The number of methoxy groups -OCH3 is 1. The molecule has 7 rings (SSSR count). The summed E-state index contributed by atoms with van der Waals surface area (Å²) in [4.78, 5) is 24.4. The summed E-state index contributed by atoms with van der Waals surface area (Å²) in [5, 5.41) is 1.08. The summed E-state index contributed by atoms with van der Waals surface area (Å²) >= 11 is 8.03. The lowest BCUT2D eigenvalue weighted by atomic mass is 9.32. The predicted molar refractivity (Wildman–Crippen MR) is 205 cm³/mol. The van der Waals surface area contributed by atoms with Gasteiger partial charge in [0.05, 0.1) is 20.0 Å². The zero-order valence-electron chi connectivity index (χ0n) is 31.5. The van der Waals surface area contributed by atoms with Crippen LogP contribution in [0.1, 0.15) is 113 Å². The molecule has 9 heteroatoms. The molecule has 1 aromatic rings. The highest BCUT2D eigenvalue weighted by Crippen LogP contribution is 2.78. The van der Waals surface area contributed by atoms with E-state index in [1.165, 1.54) is 37.7 Å². The predicted octanol–water partition coefficient (Wildman–Crippen LogP) is 9.85. The van der Waals surface area contributed by atoms with Crippen LogP contribution in [0.5, 0.6) is 5.75 Å². The maximum atomic E-state index is 12.3. The minimum absolute atomic E-state index is 0.00457. The van der Waals surface area contributed by atoms with Gasteiger partial charge in [-0.1, -0.05) is 46.0 Å². The Hall–Kier alpha value is -1.50. The van der Waals surface area contributed by atoms with Gasteiger partial charge in [-0.3, -0.25) is 9.59 Å². The van der Waals surface area contributed by atoms with Crippen LogP contribution in [0.4, 0.5) is 0 Å². The Bertz CT molecular complexity index is 1590. The van der Waals surface area contributed by atoms with E-state index in [4.69, 9.17) is 30.5 Å². The Balaban J connectivity index is 1.20. The average molecular weight is 743 g/mol. The molecule has 0 saturated heterocycles. The molecular formula is C41H59O6PS2. The SMILES string of the molecule is COc1ccc([P@@]2(=S)OC=C([C@@H]3CC[C@]4(COC(C)=O)CC[C@]5(C)[C@H](CC[C@@H]6[C@@]7(C)CC[C@H](OC(C)=O)C(C)(C)[C@@H]7CC[C@]65C)[C@@H]34)CS2)cc1. The Morgan fingerprint density at radius 2 is 1.62 bits per heavy atom. The first-order chi connectivity index (χ1) is 23.5. The van der Waals surface area contributed by atoms with Crippen LogP contribution in [-0.2, 0) is 35.4 Å². The van der Waals surface area contributed by atoms with Crippen LogP contribution < -0.4 is 10.0 Å². The lowest BCUT2D eigenvalue weighted by Crippen LogP contribution is -2.67. The van der Waals surface area contributed by atoms with Gasteiger partial charge in [-0.2, -0.15) is 0 Å². The number of hydrogen-bond donors (Lipinski definition) is 0. The van der Waals surface area contributed by atoms with Gasteiger partial charge in [-0.15, -0.1) is 0 Å². The molecule has 5 saturated carbocycles. The van der Waals surface area contributed by atoms with Crippen molar-refractivity contribution >= 4 is 45.9 Å². The van der Waals surface area contributed by atoms with Gasteiger partial charge < -0.3 is 18.7 Å². The van der Waals surface area contributed by atoms with Crippen LogP contribution in [0.25, 0.3) is 0 Å². The molecule has 6 aliphatic rings. The Morgan fingerprint density at radius 1 is 0.880 bits per heavy atom. The fourth-order valence-electron chi connectivity index (χ4n) is 13.5. The van der Waals surface area contributed by atoms with Crippen molar-refractivity contribution in [2.24, 2.45) is 56.7 Å². The van der Waals surface area contributed by atoms with Gasteiger partial charge in [0.1, 0.15) is 11.9 Å². The molecule has 1 aromatic carbocycles. The monoisotopic (exact) mass is 742 g/mol. The van der Waals surface area contributed by atoms with E-state index in [9.17, 15) is 9.59 Å². The largest absolute Gasteiger partial charge is 0.497 e. The number of ether oxygens (including phenoxy) is 3. The molecule has 0 radical (unpaired) electrons. The van der Waals surface area contributed by atoms with E-state index in [0.717, 1.165) is 48.9 Å². The maximum absolute atomic E-state index is 12.3. The zero-order valence-corrected chi connectivity index (χ0v) is 34.1. The molecule has 0 aromatic heterocycles. The van der Waals surface area contributed by atoms with Gasteiger partial charge in [-0.05, 0) is 152 Å². The highest BCUT2D eigenvalue weighted by molar-refractivity contribution is 8.71. The van der Waals surface area contributed by atoms with Crippen LogP contribution in [0.2, 0.25) is 0 Å². The first-order valence-corrected chi connectivity index (χ1v) is 23.4. The van der Waals surface area contributed by atoms with Crippen LogP contribution in [0.3, 0.4) is 0 Å². The van der Waals surface area contributed by atoms with E-state index in [2.05, 4.69) is 53.0 Å². The Kier molecular flexibility index (Phi) is 9.45. The van der Waals surface area contributed by atoms with Gasteiger partial charge in [0.15, 0.2) is 5.47 Å². The number of fused-ring (bicyclic) bond motifs is 7. The summed E-state index contributed by atoms with van der Waals surface area (Å²) in [5.74, 6) is 4.00. The van der Waals surface area contributed by atoms with Crippen molar-refractivity contribution in [3.8, 4) is 5.75 Å². The van der Waals surface area contributed by atoms with E-state index in [1.807, 2.05) is 23.5 Å². The smallest absolute Gasteiger partial charge is 0.302 e. The molecule has 11 atom stereocenters. The molecule has 0 amide bonds. The summed E-state index contributed by atoms with van der Waals surface area (Å²) in [7, 11) is 1.69. The van der Waals surface area contributed by atoms with Crippen molar-refractivity contribution in [2.75, 3.05) is 19.5 Å². The number of benzene rings is 1. The molecule has 0 unspecified atom stereocenters. The van der Waals surface area contributed by atoms with E-state index in [1.54, 1.807) is 21.0 Å². The minimum Gasteiger partial charge on any atom is -0.497 e. The standard InChI is InChI=1S/C41H59O6PS2/c1-26(42)45-25-41-20-15-31(28-23-46-48(49,50-24-28)30-11-9-29(44-8)10-12-30)36(41)32-13-14-34-38(5)18-17-35(47-27(2)43)37(3,4)33(38)16-19-40(34,7)39(32,6)21-22-41/h9-12,23,31-36H,13-22,24-25H2,1-8H3/t31-,32+,33-,34+,35-,36+,38-,39+,40+,41+,48-/m0/s1. The second-order valence-corrected chi connectivity index (χ2v) is 25.0. The van der Waals surface area contributed by atoms with E-state index in [0.29, 0.717) is 36.2 Å². The third-order valence-electron chi connectivity index (χ3n) is 16.0. The van der Waals surface area contributed by atoms with Crippen LogP contribution in [-0.4, -0.2) is 37.5 Å². The summed E-state index contributed by atoms with van der Waals surface area (Å²) in [5.41, 5.74) is -0.259. The first-order valence-electron chi connectivity index (χ1n) is 19.1. The van der Waals surface area contributed by atoms with Crippen LogP contribution >= 0.6 is 16.8 Å². The maximum Gasteiger partial charge on any atom is 0.302 e. The molecule has 0 bridgehead atoms. The molecule has 0 spiro atoms. The highest BCUT2D eigenvalue weighted by atomic mass is 32.9. The Morgan fingerprint density at radius 3 is 2.26 bits per heavy atom. The molecule has 5 fully saturated rings. The van der Waals surface area contributed by atoms with Crippen LogP contribution in [0, 0.1) is 56.7 Å². The van der Waals surface area contributed by atoms with Gasteiger partial charge in [-0.25, -0.2) is 0 Å². The van der Waals surface area contributed by atoms with Crippen molar-refractivity contribution < 1.29 is 28.3 Å². The summed E-state index contributed by atoms with van der Waals surface area (Å²) in [6.45, 7) is 16.4. The van der Waals surface area contributed by atoms with Crippen molar-refractivity contribution in [1.82, 2.24) is 0 Å². The molecule has 1 aliphatic heterocycles. The second kappa shape index (κ2) is 12.8. The highest BCUT2D eigenvalue weighted by Gasteiger charge is 2.71. The zero-order chi connectivity index (χ0) is 35.9. The molecule has 276 valence electrons. The molecular weight excluding hydrogens is 684 g/mol. The van der Waals surface area contributed by atoms with Gasteiger partial charge in [0.25, 0.3) is 0 Å². The molecule has 5 aliphatic carbocycles. The summed E-state index contributed by atoms with van der Waals surface area (Å²) < 4.78 is 24.0. The van der Waals surface area contributed by atoms with Crippen molar-refractivity contribution in [3.05, 3.63) is 36.1 Å². The third kappa shape index (κ3) is 5.57. The fraction of sp³-hybridized carbons (Fsp3) is 0.756. The summed E-state index contributed by atoms with van der Waals surface area (Å²) in [6, 6.07) is 8.09. The van der Waals surface area contributed by atoms with Crippen molar-refractivity contribution in [2.45, 2.75) is 119 Å². The number of hydrogen-bond acceptors (Lipinski definition) is 8. The van der Waals surface area contributed by atoms with Crippen molar-refractivity contribution in [3.63, 3.8) is 0 Å². The first kappa shape index (κ1) is 36.8. The van der Waals surface area contributed by atoms with Gasteiger partial charge >= 0.3 is 11.9 Å². The lowest BCUT2D eigenvalue weighted by molar-refractivity contribution is -0.252. The molecule has 6 nitrogen and oxygen atoms in total.